The topological polar surface area (TPSA) is 77.9 Å². The molecule has 0 amide bonds. The highest BCUT2D eigenvalue weighted by molar-refractivity contribution is 9.10. The first-order valence-electron chi connectivity index (χ1n) is 7.09. The number of hydrogen-bond donors (Lipinski definition) is 1. The van der Waals surface area contributed by atoms with Crippen molar-refractivity contribution in [3.05, 3.63) is 28.7 Å². The Labute approximate surface area is 138 Å². The lowest BCUT2D eigenvalue weighted by Crippen LogP contribution is -2.48. The minimum absolute atomic E-state index is 0.149. The fourth-order valence-electron chi connectivity index (χ4n) is 2.42. The number of carbonyl (C=O) groups is 1. The summed E-state index contributed by atoms with van der Waals surface area (Å²) in [6, 6.07) is 6.70. The summed E-state index contributed by atoms with van der Waals surface area (Å²) < 4.78 is 27.3. The van der Waals surface area contributed by atoms with Gasteiger partial charge in [0.1, 0.15) is 0 Å². The number of halogens is 1. The van der Waals surface area contributed by atoms with Crippen molar-refractivity contribution in [2.45, 2.75) is 17.7 Å². The van der Waals surface area contributed by atoms with Crippen LogP contribution in [0.5, 0.6) is 0 Å². The lowest BCUT2D eigenvalue weighted by molar-refractivity contribution is -0.137. The molecule has 0 unspecified atom stereocenters. The van der Waals surface area contributed by atoms with Gasteiger partial charge in [-0.2, -0.15) is 4.31 Å². The largest absolute Gasteiger partial charge is 0.481 e. The number of carboxylic acid groups (broad SMARTS) is 1. The molecule has 1 aliphatic rings. The Balaban J connectivity index is 1.92. The first-order chi connectivity index (χ1) is 10.4. The normalized spacial score (nSPS) is 17.5. The quantitative estimate of drug-likeness (QED) is 0.798. The van der Waals surface area contributed by atoms with E-state index in [9.17, 15) is 13.2 Å². The van der Waals surface area contributed by atoms with E-state index in [-0.39, 0.29) is 6.42 Å². The summed E-state index contributed by atoms with van der Waals surface area (Å²) >= 11 is 3.29. The van der Waals surface area contributed by atoms with Crippen LogP contribution in [0, 0.1) is 0 Å². The Morgan fingerprint density at radius 1 is 1.23 bits per heavy atom. The van der Waals surface area contributed by atoms with Gasteiger partial charge in [0.15, 0.2) is 0 Å². The van der Waals surface area contributed by atoms with Gasteiger partial charge in [0.05, 0.1) is 4.90 Å². The molecule has 1 aliphatic heterocycles. The molecule has 22 heavy (non-hydrogen) atoms. The molecule has 0 spiro atoms. The van der Waals surface area contributed by atoms with Gasteiger partial charge < -0.3 is 10.0 Å². The van der Waals surface area contributed by atoms with Gasteiger partial charge in [0.2, 0.25) is 10.0 Å². The third-order valence-corrected chi connectivity index (χ3v) is 6.02. The minimum Gasteiger partial charge on any atom is -0.481 e. The summed E-state index contributed by atoms with van der Waals surface area (Å²) in [5.74, 6) is -0.795. The van der Waals surface area contributed by atoms with E-state index in [0.717, 1.165) is 4.47 Å². The second-order valence-corrected chi connectivity index (χ2v) is 8.05. The van der Waals surface area contributed by atoms with Crippen LogP contribution in [0.4, 0.5) is 0 Å². The molecule has 1 fully saturated rings. The third-order valence-electron chi connectivity index (χ3n) is 3.63. The molecule has 1 heterocycles. The Morgan fingerprint density at radius 2 is 1.91 bits per heavy atom. The molecule has 1 N–H and O–H groups in total. The van der Waals surface area contributed by atoms with Crippen molar-refractivity contribution in [1.82, 2.24) is 9.21 Å². The molecule has 1 saturated heterocycles. The highest BCUT2D eigenvalue weighted by Gasteiger charge is 2.28. The molecular weight excluding hydrogens is 372 g/mol. The van der Waals surface area contributed by atoms with Crippen LogP contribution in [0.15, 0.2) is 33.6 Å². The second kappa shape index (κ2) is 7.54. The highest BCUT2D eigenvalue weighted by Crippen LogP contribution is 2.21. The van der Waals surface area contributed by atoms with E-state index in [1.807, 2.05) is 0 Å². The second-order valence-electron chi connectivity index (χ2n) is 5.20. The molecule has 122 valence electrons. The van der Waals surface area contributed by atoms with Crippen molar-refractivity contribution in [3.8, 4) is 0 Å². The van der Waals surface area contributed by atoms with E-state index in [1.54, 1.807) is 24.3 Å². The number of aliphatic carboxylic acids is 1. The van der Waals surface area contributed by atoms with Crippen LogP contribution in [-0.2, 0) is 14.8 Å². The zero-order valence-electron chi connectivity index (χ0n) is 12.1. The number of rotatable bonds is 6. The first kappa shape index (κ1) is 17.4. The molecule has 0 saturated carbocycles. The Bertz CT molecular complexity index is 627. The molecule has 1 aromatic carbocycles. The van der Waals surface area contributed by atoms with Gasteiger partial charge in [0, 0.05) is 37.1 Å². The van der Waals surface area contributed by atoms with Gasteiger partial charge in [-0.3, -0.25) is 4.79 Å². The summed E-state index contributed by atoms with van der Waals surface area (Å²) in [7, 11) is -3.46. The predicted octanol–water partition coefficient (Wildman–Crippen LogP) is 1.62. The number of benzene rings is 1. The average molecular weight is 391 g/mol. The number of nitrogens with zero attached hydrogens (tertiary/aromatic N) is 2. The van der Waals surface area contributed by atoms with Gasteiger partial charge in [-0.15, -0.1) is 0 Å². The van der Waals surface area contributed by atoms with E-state index < -0.39 is 16.0 Å². The minimum atomic E-state index is -3.46. The smallest absolute Gasteiger partial charge is 0.303 e. The average Bonchev–Trinajstić information content (AvgIpc) is 2.47. The highest BCUT2D eigenvalue weighted by atomic mass is 79.9. The van der Waals surface area contributed by atoms with Crippen LogP contribution in [0.1, 0.15) is 12.8 Å². The van der Waals surface area contributed by atoms with Gasteiger partial charge >= 0.3 is 5.97 Å². The van der Waals surface area contributed by atoms with Crippen molar-refractivity contribution in [2.24, 2.45) is 0 Å². The molecule has 0 bridgehead atoms. The van der Waals surface area contributed by atoms with E-state index in [0.29, 0.717) is 44.0 Å². The van der Waals surface area contributed by atoms with Crippen molar-refractivity contribution in [1.29, 1.82) is 0 Å². The van der Waals surface area contributed by atoms with Crippen LogP contribution in [0.25, 0.3) is 0 Å². The van der Waals surface area contributed by atoms with E-state index in [4.69, 9.17) is 5.11 Å². The Kier molecular flexibility index (Phi) is 5.96. The molecule has 0 aliphatic carbocycles. The molecule has 1 aromatic rings. The lowest BCUT2D eigenvalue weighted by Gasteiger charge is -2.33. The zero-order chi connectivity index (χ0) is 16.2. The molecular formula is C14H19BrN2O4S. The fourth-order valence-corrected chi connectivity index (χ4v) is 4.44. The molecule has 6 nitrogen and oxygen atoms in total. The van der Waals surface area contributed by atoms with Crippen molar-refractivity contribution < 1.29 is 18.3 Å². The molecule has 2 rings (SSSR count). The Hall–Kier alpha value is -0.960. The molecule has 0 aromatic heterocycles. The number of sulfonamides is 1. The zero-order valence-corrected chi connectivity index (χ0v) is 14.5. The maximum absolute atomic E-state index is 12.6. The van der Waals surface area contributed by atoms with Crippen LogP contribution in [0.2, 0.25) is 0 Å². The van der Waals surface area contributed by atoms with Gasteiger partial charge in [-0.1, -0.05) is 22.0 Å². The van der Waals surface area contributed by atoms with E-state index >= 15 is 0 Å². The maximum Gasteiger partial charge on any atom is 0.303 e. The van der Waals surface area contributed by atoms with Crippen molar-refractivity contribution in [2.75, 3.05) is 32.7 Å². The summed E-state index contributed by atoms with van der Waals surface area (Å²) in [5, 5.41) is 8.63. The van der Waals surface area contributed by atoms with Crippen LogP contribution in [0.3, 0.4) is 0 Å². The predicted molar refractivity (Wildman–Crippen MR) is 86.2 cm³/mol. The van der Waals surface area contributed by atoms with E-state index in [1.165, 1.54) is 4.31 Å². The van der Waals surface area contributed by atoms with Crippen LogP contribution >= 0.6 is 15.9 Å². The molecule has 8 heteroatoms. The summed E-state index contributed by atoms with van der Waals surface area (Å²) in [6.45, 7) is 2.82. The molecule has 0 radical (unpaired) electrons. The first-order valence-corrected chi connectivity index (χ1v) is 9.33. The van der Waals surface area contributed by atoms with Crippen molar-refractivity contribution >= 4 is 31.9 Å². The fraction of sp³-hybridized carbons (Fsp3) is 0.500. The number of hydrogen-bond acceptors (Lipinski definition) is 4. The summed E-state index contributed by atoms with van der Waals surface area (Å²) in [5.41, 5.74) is 0. The van der Waals surface area contributed by atoms with Crippen LogP contribution < -0.4 is 0 Å². The monoisotopic (exact) mass is 390 g/mol. The van der Waals surface area contributed by atoms with E-state index in [2.05, 4.69) is 20.8 Å². The Morgan fingerprint density at radius 3 is 2.50 bits per heavy atom. The third kappa shape index (κ3) is 4.52. The lowest BCUT2D eigenvalue weighted by atomic mass is 10.2. The standard InChI is InChI=1S/C14H19BrN2O4S/c15-12-3-1-4-13(11-12)22(20,21)17-9-7-16(8-10-17)6-2-5-14(18)19/h1,3-4,11H,2,5-10H2,(H,18,19). The maximum atomic E-state index is 12.6. The van der Waals surface area contributed by atoms with Crippen molar-refractivity contribution in [3.63, 3.8) is 0 Å². The van der Waals surface area contributed by atoms with Crippen LogP contribution in [-0.4, -0.2) is 61.4 Å². The SMILES string of the molecule is O=C(O)CCCN1CCN(S(=O)(=O)c2cccc(Br)c2)CC1. The van der Waals surface area contributed by atoms with Gasteiger partial charge in [0.25, 0.3) is 0 Å². The van der Waals surface area contributed by atoms with Gasteiger partial charge in [-0.25, -0.2) is 8.42 Å². The molecule has 0 atom stereocenters. The summed E-state index contributed by atoms with van der Waals surface area (Å²) in [6.07, 6.45) is 0.740. The summed E-state index contributed by atoms with van der Waals surface area (Å²) in [4.78, 5) is 12.9. The van der Waals surface area contributed by atoms with Gasteiger partial charge in [-0.05, 0) is 31.2 Å². The number of carboxylic acids is 1. The number of piperazine rings is 1.